The predicted molar refractivity (Wildman–Crippen MR) is 111 cm³/mol. The Bertz CT molecular complexity index is 931. The number of nitrogens with zero attached hydrogens (tertiary/aromatic N) is 2. The maximum Gasteiger partial charge on any atom is 0.267 e. The number of aryl methyl sites for hydroxylation is 2. The summed E-state index contributed by atoms with van der Waals surface area (Å²) in [6.45, 7) is 4.19. The zero-order chi connectivity index (χ0) is 22.0. The molecule has 1 aliphatic carbocycles. The topological polar surface area (TPSA) is 84.7 Å². The standard InChI is InChI=1S/C23H28FN3O4/c1-15-19(16(2)31-26-15)10-13-25-20(28)14-27-22(29)21(23(27)11-4-3-5-12-23)30-18-8-6-17(24)7-9-18/h6-9,21H,3-5,10-14H2,1-2H3,(H,25,28). The number of carbonyl (C=O) groups is 2. The molecule has 8 heteroatoms. The first-order valence-electron chi connectivity index (χ1n) is 10.8. The summed E-state index contributed by atoms with van der Waals surface area (Å²) < 4.78 is 24.3. The van der Waals surface area contributed by atoms with Gasteiger partial charge >= 0.3 is 0 Å². The molecule has 2 aliphatic rings. The molecule has 2 heterocycles. The number of aromatic nitrogens is 1. The van der Waals surface area contributed by atoms with Crippen LogP contribution in [0.5, 0.6) is 5.75 Å². The summed E-state index contributed by atoms with van der Waals surface area (Å²) in [4.78, 5) is 27.2. The highest BCUT2D eigenvalue weighted by atomic mass is 19.1. The minimum atomic E-state index is -0.631. The summed E-state index contributed by atoms with van der Waals surface area (Å²) in [5, 5.41) is 6.83. The number of benzene rings is 1. The molecule has 1 spiro atoms. The van der Waals surface area contributed by atoms with E-state index in [0.29, 0.717) is 18.7 Å². The minimum absolute atomic E-state index is 0.0176. The second-order valence-corrected chi connectivity index (χ2v) is 8.44. The normalized spacial score (nSPS) is 19.9. The van der Waals surface area contributed by atoms with Crippen molar-refractivity contribution >= 4 is 11.8 Å². The summed E-state index contributed by atoms with van der Waals surface area (Å²) >= 11 is 0. The first-order valence-corrected chi connectivity index (χ1v) is 10.8. The maximum absolute atomic E-state index is 13.2. The van der Waals surface area contributed by atoms with E-state index in [9.17, 15) is 14.0 Å². The van der Waals surface area contributed by atoms with E-state index in [4.69, 9.17) is 9.26 Å². The van der Waals surface area contributed by atoms with Crippen LogP contribution in [-0.2, 0) is 16.0 Å². The van der Waals surface area contributed by atoms with Gasteiger partial charge in [-0.3, -0.25) is 9.59 Å². The lowest BCUT2D eigenvalue weighted by atomic mass is 9.70. The molecule has 1 aliphatic heterocycles. The Morgan fingerprint density at radius 3 is 2.61 bits per heavy atom. The van der Waals surface area contributed by atoms with Crippen molar-refractivity contribution in [1.82, 2.24) is 15.4 Å². The molecular weight excluding hydrogens is 401 g/mol. The van der Waals surface area contributed by atoms with Gasteiger partial charge in [-0.1, -0.05) is 24.4 Å². The number of β-lactam (4-membered cyclic amide) rings is 1. The highest BCUT2D eigenvalue weighted by molar-refractivity contribution is 5.94. The van der Waals surface area contributed by atoms with Crippen molar-refractivity contribution in [3.63, 3.8) is 0 Å². The molecule has 1 N–H and O–H groups in total. The summed E-state index contributed by atoms with van der Waals surface area (Å²) in [7, 11) is 0. The van der Waals surface area contributed by atoms with E-state index >= 15 is 0 Å². The van der Waals surface area contributed by atoms with E-state index in [1.54, 1.807) is 4.90 Å². The van der Waals surface area contributed by atoms with Crippen LogP contribution in [0.4, 0.5) is 4.39 Å². The van der Waals surface area contributed by atoms with Crippen molar-refractivity contribution in [2.75, 3.05) is 13.1 Å². The molecule has 0 radical (unpaired) electrons. The third-order valence-electron chi connectivity index (χ3n) is 6.48. The summed E-state index contributed by atoms with van der Waals surface area (Å²) in [5.41, 5.74) is 1.35. The number of ether oxygens (including phenoxy) is 1. The van der Waals surface area contributed by atoms with Gasteiger partial charge in [0.05, 0.1) is 11.2 Å². The molecule has 2 fully saturated rings. The molecule has 7 nitrogen and oxygen atoms in total. The van der Waals surface area contributed by atoms with Gasteiger partial charge in [-0.05, 0) is 57.4 Å². The van der Waals surface area contributed by atoms with Gasteiger partial charge in [-0.15, -0.1) is 0 Å². The van der Waals surface area contributed by atoms with E-state index in [-0.39, 0.29) is 24.2 Å². The first kappa shape index (κ1) is 21.3. The van der Waals surface area contributed by atoms with Crippen LogP contribution >= 0.6 is 0 Å². The van der Waals surface area contributed by atoms with Crippen LogP contribution in [0, 0.1) is 19.7 Å². The Morgan fingerprint density at radius 1 is 1.26 bits per heavy atom. The first-order chi connectivity index (χ1) is 14.9. The fourth-order valence-corrected chi connectivity index (χ4v) is 4.79. The quantitative estimate of drug-likeness (QED) is 0.684. The third kappa shape index (κ3) is 4.16. The van der Waals surface area contributed by atoms with Gasteiger partial charge in [-0.2, -0.15) is 0 Å². The number of rotatable bonds is 7. The average Bonchev–Trinajstić information content (AvgIpc) is 3.09. The SMILES string of the molecule is Cc1noc(C)c1CCNC(=O)CN1C(=O)C(Oc2ccc(F)cc2)C12CCCCC2. The second-order valence-electron chi connectivity index (χ2n) is 8.44. The lowest BCUT2D eigenvalue weighted by Gasteiger charge is -2.58. The van der Waals surface area contributed by atoms with Crippen LogP contribution in [0.2, 0.25) is 0 Å². The molecule has 4 rings (SSSR count). The van der Waals surface area contributed by atoms with Crippen LogP contribution in [-0.4, -0.2) is 46.6 Å². The molecule has 1 saturated carbocycles. The van der Waals surface area contributed by atoms with Crippen LogP contribution in [0.25, 0.3) is 0 Å². The van der Waals surface area contributed by atoms with Crippen LogP contribution in [0.15, 0.2) is 28.8 Å². The fraction of sp³-hybridized carbons (Fsp3) is 0.522. The summed E-state index contributed by atoms with van der Waals surface area (Å²) in [6.07, 6.45) is 4.68. The highest BCUT2D eigenvalue weighted by Crippen LogP contribution is 2.45. The molecule has 1 aromatic carbocycles. The highest BCUT2D eigenvalue weighted by Gasteiger charge is 2.62. The molecule has 1 unspecified atom stereocenters. The monoisotopic (exact) mass is 429 g/mol. The van der Waals surface area contributed by atoms with Gasteiger partial charge in [0.15, 0.2) is 6.10 Å². The Hall–Kier alpha value is -2.90. The Balaban J connectivity index is 1.38. The van der Waals surface area contributed by atoms with Gasteiger partial charge in [0, 0.05) is 12.1 Å². The molecule has 1 atom stereocenters. The van der Waals surface area contributed by atoms with Crippen LogP contribution < -0.4 is 10.1 Å². The van der Waals surface area contributed by atoms with Crippen LogP contribution in [0.1, 0.15) is 49.1 Å². The summed E-state index contributed by atoms with van der Waals surface area (Å²) in [5.74, 6) is 0.492. The lowest BCUT2D eigenvalue weighted by molar-refractivity contribution is -0.187. The molecule has 1 aromatic heterocycles. The molecule has 31 heavy (non-hydrogen) atoms. The predicted octanol–water partition coefficient (Wildman–Crippen LogP) is 3.08. The molecule has 2 aromatic rings. The van der Waals surface area contributed by atoms with E-state index in [1.807, 2.05) is 13.8 Å². The fourth-order valence-electron chi connectivity index (χ4n) is 4.79. The maximum atomic E-state index is 13.2. The van der Waals surface area contributed by atoms with Gasteiger partial charge in [0.25, 0.3) is 5.91 Å². The largest absolute Gasteiger partial charge is 0.478 e. The Morgan fingerprint density at radius 2 is 1.97 bits per heavy atom. The third-order valence-corrected chi connectivity index (χ3v) is 6.48. The number of nitrogens with one attached hydrogen (secondary N) is 1. The van der Waals surface area contributed by atoms with Crippen molar-refractivity contribution in [2.24, 2.45) is 0 Å². The number of hydrogen-bond acceptors (Lipinski definition) is 5. The van der Waals surface area contributed by atoms with Crippen molar-refractivity contribution in [3.05, 3.63) is 47.1 Å². The van der Waals surface area contributed by atoms with Gasteiger partial charge < -0.3 is 19.5 Å². The molecular formula is C23H28FN3O4. The molecule has 2 amide bonds. The second kappa shape index (κ2) is 8.69. The van der Waals surface area contributed by atoms with Crippen molar-refractivity contribution in [3.8, 4) is 5.75 Å². The number of likely N-dealkylation sites (tertiary alicyclic amines) is 1. The molecule has 166 valence electrons. The molecule has 1 saturated heterocycles. The van der Waals surface area contributed by atoms with E-state index in [2.05, 4.69) is 10.5 Å². The van der Waals surface area contributed by atoms with Gasteiger partial charge in [0.1, 0.15) is 23.9 Å². The van der Waals surface area contributed by atoms with Crippen molar-refractivity contribution < 1.29 is 23.2 Å². The number of amides is 2. The van der Waals surface area contributed by atoms with Crippen molar-refractivity contribution in [2.45, 2.75) is 64.0 Å². The van der Waals surface area contributed by atoms with E-state index in [1.165, 1.54) is 24.3 Å². The van der Waals surface area contributed by atoms with E-state index < -0.39 is 11.6 Å². The number of halogens is 1. The molecule has 0 bridgehead atoms. The van der Waals surface area contributed by atoms with Gasteiger partial charge in [-0.25, -0.2) is 4.39 Å². The Labute approximate surface area is 180 Å². The van der Waals surface area contributed by atoms with E-state index in [0.717, 1.165) is 49.1 Å². The smallest absolute Gasteiger partial charge is 0.267 e. The van der Waals surface area contributed by atoms with Crippen molar-refractivity contribution in [1.29, 1.82) is 0 Å². The lowest BCUT2D eigenvalue weighted by Crippen LogP contribution is -2.77. The summed E-state index contributed by atoms with van der Waals surface area (Å²) in [6, 6.07) is 5.69. The zero-order valence-electron chi connectivity index (χ0n) is 17.9. The number of hydrogen-bond donors (Lipinski definition) is 1. The van der Waals surface area contributed by atoms with Crippen LogP contribution in [0.3, 0.4) is 0 Å². The van der Waals surface area contributed by atoms with Gasteiger partial charge in [0.2, 0.25) is 5.91 Å². The zero-order valence-corrected chi connectivity index (χ0v) is 17.9. The Kier molecular flexibility index (Phi) is 5.98. The minimum Gasteiger partial charge on any atom is -0.478 e. The number of carbonyl (C=O) groups excluding carboxylic acids is 2. The average molecular weight is 429 g/mol.